The van der Waals surface area contributed by atoms with Crippen LogP contribution < -0.4 is 10.6 Å². The Morgan fingerprint density at radius 1 is 1.44 bits per heavy atom. The van der Waals surface area contributed by atoms with Gasteiger partial charge >= 0.3 is 6.18 Å². The molecule has 1 aromatic heterocycles. The molecule has 1 fully saturated rings. The van der Waals surface area contributed by atoms with Crippen molar-refractivity contribution >= 4 is 22.4 Å². The van der Waals surface area contributed by atoms with Gasteiger partial charge in [-0.05, 0) is 30.6 Å². The second-order valence-corrected chi connectivity index (χ2v) is 7.32. The van der Waals surface area contributed by atoms with Gasteiger partial charge in [0, 0.05) is 23.4 Å². The maximum Gasteiger partial charge on any atom is 0.416 e. The molecule has 0 aliphatic carbocycles. The van der Waals surface area contributed by atoms with Gasteiger partial charge in [0.25, 0.3) is 0 Å². The lowest BCUT2D eigenvalue weighted by Gasteiger charge is -2.31. The summed E-state index contributed by atoms with van der Waals surface area (Å²) in [5.74, 6) is 0.160. The van der Waals surface area contributed by atoms with Crippen molar-refractivity contribution in [2.45, 2.75) is 19.5 Å². The molecule has 1 aromatic carbocycles. The van der Waals surface area contributed by atoms with Gasteiger partial charge in [-0.25, -0.2) is 4.98 Å². The van der Waals surface area contributed by atoms with Gasteiger partial charge in [-0.15, -0.1) is 11.3 Å². The first-order chi connectivity index (χ1) is 11.8. The van der Waals surface area contributed by atoms with Crippen molar-refractivity contribution in [3.63, 3.8) is 0 Å². The second kappa shape index (κ2) is 7.13. The van der Waals surface area contributed by atoms with Gasteiger partial charge in [-0.2, -0.15) is 13.2 Å². The number of hydrogen-bond acceptors (Lipinski definition) is 4. The third-order valence-corrected chi connectivity index (χ3v) is 5.26. The van der Waals surface area contributed by atoms with Crippen molar-refractivity contribution in [3.05, 3.63) is 46.5 Å². The molecule has 1 atom stereocenters. The molecule has 0 saturated carbocycles. The van der Waals surface area contributed by atoms with Crippen LogP contribution in [0.25, 0.3) is 0 Å². The van der Waals surface area contributed by atoms with Crippen molar-refractivity contribution in [2.24, 2.45) is 11.8 Å². The number of carbonyl (C=O) groups excluding carboxylic acids is 1. The lowest BCUT2D eigenvalue weighted by Crippen LogP contribution is -2.48. The van der Waals surface area contributed by atoms with Gasteiger partial charge in [0.15, 0.2) is 5.13 Å². The number of amides is 1. The molecule has 1 amide bonds. The zero-order valence-electron chi connectivity index (χ0n) is 13.6. The zero-order valence-corrected chi connectivity index (χ0v) is 14.4. The number of carbonyl (C=O) groups is 1. The Kier molecular flexibility index (Phi) is 5.10. The fourth-order valence-electron chi connectivity index (χ4n) is 2.60. The third-order valence-electron chi connectivity index (χ3n) is 4.35. The first kappa shape index (κ1) is 17.9. The molecule has 3 rings (SSSR count). The van der Waals surface area contributed by atoms with Gasteiger partial charge in [-0.3, -0.25) is 4.79 Å². The number of rotatable bonds is 5. The maximum absolute atomic E-state index is 12.8. The molecule has 1 aliphatic heterocycles. The number of nitrogens with one attached hydrogen (secondary N) is 2. The van der Waals surface area contributed by atoms with Crippen LogP contribution in [-0.2, 0) is 17.4 Å². The second-order valence-electron chi connectivity index (χ2n) is 6.20. The largest absolute Gasteiger partial charge is 0.416 e. The molecule has 1 unspecified atom stereocenters. The number of thiazole rings is 1. The number of aromatic nitrogens is 1. The van der Waals surface area contributed by atoms with Crippen LogP contribution in [0.3, 0.4) is 0 Å². The summed E-state index contributed by atoms with van der Waals surface area (Å²) in [5, 5.41) is 6.41. The molecule has 134 valence electrons. The van der Waals surface area contributed by atoms with E-state index in [4.69, 9.17) is 0 Å². The van der Waals surface area contributed by atoms with E-state index in [1.54, 1.807) is 12.3 Å². The van der Waals surface area contributed by atoms with Crippen LogP contribution in [0.5, 0.6) is 0 Å². The van der Waals surface area contributed by atoms with Gasteiger partial charge < -0.3 is 10.6 Å². The number of hydrogen-bond donors (Lipinski definition) is 2. The van der Waals surface area contributed by atoms with Gasteiger partial charge in [-0.1, -0.05) is 25.1 Å². The average molecular weight is 369 g/mol. The molecule has 8 heteroatoms. The lowest BCUT2D eigenvalue weighted by atomic mass is 9.88. The van der Waals surface area contributed by atoms with Gasteiger partial charge in [0.05, 0.1) is 5.56 Å². The summed E-state index contributed by atoms with van der Waals surface area (Å²) in [6, 6.07) is 5.25. The predicted molar refractivity (Wildman–Crippen MR) is 90.5 cm³/mol. The Hall–Kier alpha value is -1.93. The van der Waals surface area contributed by atoms with Gasteiger partial charge in [0.1, 0.15) is 0 Å². The van der Waals surface area contributed by atoms with Crippen LogP contribution >= 0.6 is 11.3 Å². The fourth-order valence-corrected chi connectivity index (χ4v) is 3.45. The molecule has 2 N–H and O–H groups in total. The minimum atomic E-state index is -4.35. The summed E-state index contributed by atoms with van der Waals surface area (Å²) in [6.07, 6.45) is -2.41. The van der Waals surface area contributed by atoms with E-state index in [1.807, 2.05) is 6.92 Å². The fraction of sp³-hybridized carbons (Fsp3) is 0.412. The lowest BCUT2D eigenvalue weighted by molar-refractivity contribution is -0.137. The van der Waals surface area contributed by atoms with E-state index in [0.29, 0.717) is 23.0 Å². The molecule has 1 saturated heterocycles. The maximum atomic E-state index is 12.8. The number of halogens is 3. The van der Waals surface area contributed by atoms with Crippen molar-refractivity contribution in [3.8, 4) is 0 Å². The minimum Gasteiger partial charge on any atom is -0.316 e. The van der Waals surface area contributed by atoms with E-state index >= 15 is 0 Å². The summed E-state index contributed by atoms with van der Waals surface area (Å²) < 4.78 is 38.3. The zero-order chi connectivity index (χ0) is 18.0. The molecular weight excluding hydrogens is 351 g/mol. The quantitative estimate of drug-likeness (QED) is 0.848. The number of benzene rings is 1. The van der Waals surface area contributed by atoms with Crippen molar-refractivity contribution in [2.75, 3.05) is 18.4 Å². The summed E-state index contributed by atoms with van der Waals surface area (Å²) in [5.41, 5.74) is -0.101. The average Bonchev–Trinajstić information content (AvgIpc) is 2.92. The standard InChI is InChI=1S/C17H18F3N3OS/c1-10(12-7-21-8-12)15(24)23-16-22-9-14(25-16)6-11-3-2-4-13(5-11)17(18,19)20/h2-5,9-10,12,21H,6-8H2,1H3,(H,22,23,24). The van der Waals surface area contributed by atoms with Crippen LogP contribution in [0.4, 0.5) is 18.3 Å². The molecule has 2 heterocycles. The first-order valence-corrected chi connectivity index (χ1v) is 8.77. The summed E-state index contributed by atoms with van der Waals surface area (Å²) in [6.45, 7) is 3.57. The molecule has 0 radical (unpaired) electrons. The Morgan fingerprint density at radius 2 is 2.20 bits per heavy atom. The Morgan fingerprint density at radius 3 is 2.84 bits per heavy atom. The monoisotopic (exact) mass is 369 g/mol. The Balaban J connectivity index is 1.63. The summed E-state index contributed by atoms with van der Waals surface area (Å²) >= 11 is 1.28. The summed E-state index contributed by atoms with van der Waals surface area (Å²) in [4.78, 5) is 17.1. The highest BCUT2D eigenvalue weighted by atomic mass is 32.1. The molecule has 0 spiro atoms. The highest BCUT2D eigenvalue weighted by Crippen LogP contribution is 2.30. The van der Waals surface area contributed by atoms with E-state index in [-0.39, 0.29) is 11.8 Å². The van der Waals surface area contributed by atoms with E-state index in [1.165, 1.54) is 17.4 Å². The van der Waals surface area contributed by atoms with Crippen molar-refractivity contribution < 1.29 is 18.0 Å². The van der Waals surface area contributed by atoms with E-state index < -0.39 is 11.7 Å². The Labute approximate surface area is 147 Å². The first-order valence-electron chi connectivity index (χ1n) is 7.95. The third kappa shape index (κ3) is 4.38. The Bertz CT molecular complexity index is 756. The van der Waals surface area contributed by atoms with Crippen LogP contribution in [0.2, 0.25) is 0 Å². The molecule has 1 aliphatic rings. The molecule has 0 bridgehead atoms. The molecular formula is C17H18F3N3OS. The molecule has 25 heavy (non-hydrogen) atoms. The smallest absolute Gasteiger partial charge is 0.316 e. The summed E-state index contributed by atoms with van der Waals surface area (Å²) in [7, 11) is 0. The van der Waals surface area contributed by atoms with Crippen LogP contribution in [0.15, 0.2) is 30.5 Å². The van der Waals surface area contributed by atoms with Crippen LogP contribution in [-0.4, -0.2) is 24.0 Å². The van der Waals surface area contributed by atoms with Crippen LogP contribution in [0, 0.1) is 11.8 Å². The van der Waals surface area contributed by atoms with Crippen molar-refractivity contribution in [1.82, 2.24) is 10.3 Å². The van der Waals surface area contributed by atoms with Gasteiger partial charge in [0.2, 0.25) is 5.91 Å². The minimum absolute atomic E-state index is 0.0773. The van der Waals surface area contributed by atoms with Crippen molar-refractivity contribution in [1.29, 1.82) is 0 Å². The van der Waals surface area contributed by atoms with Crippen LogP contribution in [0.1, 0.15) is 22.9 Å². The normalized spacial score (nSPS) is 16.3. The number of anilines is 1. The highest BCUT2D eigenvalue weighted by molar-refractivity contribution is 7.15. The van der Waals surface area contributed by atoms with E-state index in [9.17, 15) is 18.0 Å². The predicted octanol–water partition coefficient (Wildman–Crippen LogP) is 3.55. The topological polar surface area (TPSA) is 54.0 Å². The number of nitrogens with zero attached hydrogens (tertiary/aromatic N) is 1. The van der Waals surface area contributed by atoms with E-state index in [2.05, 4.69) is 15.6 Å². The molecule has 2 aromatic rings. The SMILES string of the molecule is CC(C(=O)Nc1ncc(Cc2cccc(C(F)(F)F)c2)s1)C1CNC1. The highest BCUT2D eigenvalue weighted by Gasteiger charge is 2.30. The van der Waals surface area contributed by atoms with E-state index in [0.717, 1.165) is 30.1 Å². The number of alkyl halides is 3. The molecule has 4 nitrogen and oxygen atoms in total.